The van der Waals surface area contributed by atoms with E-state index in [0.717, 1.165) is 42.3 Å². The van der Waals surface area contributed by atoms with E-state index in [9.17, 15) is 0 Å². The van der Waals surface area contributed by atoms with E-state index in [-0.39, 0.29) is 0 Å². The zero-order valence-electron chi connectivity index (χ0n) is 16.4. The van der Waals surface area contributed by atoms with Gasteiger partial charge < -0.3 is 20.3 Å². The third-order valence-electron chi connectivity index (χ3n) is 5.07. The Hall–Kier alpha value is -3.12. The molecule has 6 heteroatoms. The SMILES string of the molecule is COc1ccc(CNC(=S)Nc2ccc(N3CCc4ccccc4C3)nc2)cc1. The highest BCUT2D eigenvalue weighted by molar-refractivity contribution is 7.80. The number of fused-ring (bicyclic) bond motifs is 1. The number of ether oxygens (including phenoxy) is 1. The smallest absolute Gasteiger partial charge is 0.171 e. The summed E-state index contributed by atoms with van der Waals surface area (Å²) in [6.45, 7) is 2.53. The molecule has 0 saturated heterocycles. The van der Waals surface area contributed by atoms with E-state index < -0.39 is 0 Å². The number of hydrogen-bond donors (Lipinski definition) is 2. The number of nitrogens with zero attached hydrogens (tertiary/aromatic N) is 2. The molecule has 2 N–H and O–H groups in total. The molecule has 0 spiro atoms. The van der Waals surface area contributed by atoms with Crippen molar-refractivity contribution in [2.75, 3.05) is 23.9 Å². The summed E-state index contributed by atoms with van der Waals surface area (Å²) in [6.07, 6.45) is 2.88. The van der Waals surface area contributed by atoms with Crippen LogP contribution in [0.3, 0.4) is 0 Å². The Kier molecular flexibility index (Phi) is 5.91. The van der Waals surface area contributed by atoms with Crippen LogP contribution in [0.15, 0.2) is 66.9 Å². The lowest BCUT2D eigenvalue weighted by Gasteiger charge is -2.29. The fourth-order valence-corrected chi connectivity index (χ4v) is 3.63. The van der Waals surface area contributed by atoms with Crippen molar-refractivity contribution in [2.24, 2.45) is 0 Å². The Balaban J connectivity index is 1.30. The zero-order chi connectivity index (χ0) is 20.1. The van der Waals surface area contributed by atoms with Crippen LogP contribution in [-0.4, -0.2) is 23.8 Å². The fourth-order valence-electron chi connectivity index (χ4n) is 3.44. The minimum absolute atomic E-state index is 0.572. The predicted molar refractivity (Wildman–Crippen MR) is 121 cm³/mol. The van der Waals surface area contributed by atoms with E-state index in [1.54, 1.807) is 7.11 Å². The molecular formula is C23H24N4OS. The minimum Gasteiger partial charge on any atom is -0.497 e. The Bertz CT molecular complexity index is 973. The van der Waals surface area contributed by atoms with Gasteiger partial charge in [-0.05, 0) is 59.6 Å². The Morgan fingerprint density at radius 1 is 1.07 bits per heavy atom. The van der Waals surface area contributed by atoms with E-state index in [1.807, 2.05) is 42.6 Å². The number of rotatable bonds is 5. The van der Waals surface area contributed by atoms with Gasteiger partial charge in [-0.3, -0.25) is 0 Å². The van der Waals surface area contributed by atoms with Crippen molar-refractivity contribution in [1.29, 1.82) is 0 Å². The molecule has 0 fully saturated rings. The number of pyridine rings is 1. The molecule has 2 heterocycles. The predicted octanol–water partition coefficient (Wildman–Crippen LogP) is 4.14. The summed E-state index contributed by atoms with van der Waals surface area (Å²) in [4.78, 5) is 6.94. The maximum Gasteiger partial charge on any atom is 0.171 e. The van der Waals surface area contributed by atoms with Gasteiger partial charge in [-0.25, -0.2) is 4.98 Å². The summed E-state index contributed by atoms with van der Waals surface area (Å²) in [7, 11) is 1.66. The van der Waals surface area contributed by atoms with Crippen LogP contribution in [0, 0.1) is 0 Å². The summed E-state index contributed by atoms with van der Waals surface area (Å²) in [5.41, 5.74) is 4.83. The first-order valence-corrected chi connectivity index (χ1v) is 10.1. The fraction of sp³-hybridized carbons (Fsp3) is 0.217. The van der Waals surface area contributed by atoms with Gasteiger partial charge in [-0.15, -0.1) is 0 Å². The molecule has 0 saturated carbocycles. The van der Waals surface area contributed by atoms with Crippen molar-refractivity contribution in [1.82, 2.24) is 10.3 Å². The van der Waals surface area contributed by atoms with E-state index in [1.165, 1.54) is 11.1 Å². The molecule has 2 aromatic carbocycles. The average Bonchev–Trinajstić information content (AvgIpc) is 2.78. The van der Waals surface area contributed by atoms with Gasteiger partial charge >= 0.3 is 0 Å². The second kappa shape index (κ2) is 8.92. The Morgan fingerprint density at radius 2 is 1.86 bits per heavy atom. The third-order valence-corrected chi connectivity index (χ3v) is 5.32. The molecule has 29 heavy (non-hydrogen) atoms. The van der Waals surface area contributed by atoms with E-state index >= 15 is 0 Å². The van der Waals surface area contributed by atoms with Gasteiger partial charge in [0.05, 0.1) is 19.0 Å². The molecule has 1 aliphatic heterocycles. The van der Waals surface area contributed by atoms with Gasteiger partial charge in [-0.1, -0.05) is 36.4 Å². The number of methoxy groups -OCH3 is 1. The second-order valence-electron chi connectivity index (χ2n) is 7.00. The van der Waals surface area contributed by atoms with E-state index in [2.05, 4.69) is 44.8 Å². The molecule has 148 valence electrons. The molecule has 0 bridgehead atoms. The van der Waals surface area contributed by atoms with Crippen LogP contribution in [-0.2, 0) is 19.5 Å². The lowest BCUT2D eigenvalue weighted by atomic mass is 10.00. The molecule has 5 nitrogen and oxygen atoms in total. The van der Waals surface area contributed by atoms with Crippen LogP contribution in [0.2, 0.25) is 0 Å². The lowest BCUT2D eigenvalue weighted by Crippen LogP contribution is -2.31. The normalized spacial score (nSPS) is 12.8. The highest BCUT2D eigenvalue weighted by Crippen LogP contribution is 2.23. The van der Waals surface area contributed by atoms with E-state index in [4.69, 9.17) is 17.0 Å². The van der Waals surface area contributed by atoms with Crippen molar-refractivity contribution < 1.29 is 4.74 Å². The van der Waals surface area contributed by atoms with Crippen molar-refractivity contribution in [2.45, 2.75) is 19.5 Å². The maximum absolute atomic E-state index is 5.40. The molecule has 3 aromatic rings. The van der Waals surface area contributed by atoms with Gasteiger partial charge in [0.25, 0.3) is 0 Å². The number of nitrogens with one attached hydrogen (secondary N) is 2. The van der Waals surface area contributed by atoms with Crippen LogP contribution in [0.1, 0.15) is 16.7 Å². The monoisotopic (exact) mass is 404 g/mol. The topological polar surface area (TPSA) is 49.4 Å². The first-order chi connectivity index (χ1) is 14.2. The molecule has 0 unspecified atom stereocenters. The van der Waals surface area contributed by atoms with Gasteiger partial charge in [-0.2, -0.15) is 0 Å². The molecule has 0 amide bonds. The third kappa shape index (κ3) is 4.84. The average molecular weight is 405 g/mol. The zero-order valence-corrected chi connectivity index (χ0v) is 17.2. The van der Waals surface area contributed by atoms with Crippen LogP contribution >= 0.6 is 12.2 Å². The lowest BCUT2D eigenvalue weighted by molar-refractivity contribution is 0.414. The summed E-state index contributed by atoms with van der Waals surface area (Å²) in [5, 5.41) is 6.98. The highest BCUT2D eigenvalue weighted by Gasteiger charge is 2.16. The number of hydrogen-bond acceptors (Lipinski definition) is 4. The van der Waals surface area contributed by atoms with Crippen LogP contribution in [0.4, 0.5) is 11.5 Å². The summed E-state index contributed by atoms with van der Waals surface area (Å²) in [5.74, 6) is 1.83. The largest absolute Gasteiger partial charge is 0.497 e. The number of anilines is 2. The minimum atomic E-state index is 0.572. The summed E-state index contributed by atoms with van der Waals surface area (Å²) in [6, 6.07) is 20.6. The first-order valence-electron chi connectivity index (χ1n) is 9.67. The summed E-state index contributed by atoms with van der Waals surface area (Å²) < 4.78 is 5.18. The quantitative estimate of drug-likeness (QED) is 0.624. The molecule has 1 aliphatic rings. The Labute approximate surface area is 176 Å². The number of thiocarbonyl (C=S) groups is 1. The summed E-state index contributed by atoms with van der Waals surface area (Å²) >= 11 is 5.40. The van der Waals surface area contributed by atoms with E-state index in [0.29, 0.717) is 11.7 Å². The van der Waals surface area contributed by atoms with Gasteiger partial charge in [0.1, 0.15) is 11.6 Å². The second-order valence-corrected chi connectivity index (χ2v) is 7.41. The molecule has 0 atom stereocenters. The molecular weight excluding hydrogens is 380 g/mol. The Morgan fingerprint density at radius 3 is 2.59 bits per heavy atom. The van der Waals surface area contributed by atoms with Gasteiger partial charge in [0.2, 0.25) is 0 Å². The molecule has 1 aromatic heterocycles. The maximum atomic E-state index is 5.40. The molecule has 0 aliphatic carbocycles. The van der Waals surface area contributed by atoms with Gasteiger partial charge in [0, 0.05) is 19.6 Å². The van der Waals surface area contributed by atoms with Crippen molar-refractivity contribution in [3.05, 3.63) is 83.6 Å². The van der Waals surface area contributed by atoms with Gasteiger partial charge in [0.15, 0.2) is 5.11 Å². The standard InChI is InChI=1S/C23H24N4OS/c1-28-21-9-6-17(7-10-21)14-25-23(29)26-20-8-11-22(24-15-20)27-13-12-18-4-2-3-5-19(18)16-27/h2-11,15H,12-14,16H2,1H3,(H2,25,26,29). The van der Waals surface area contributed by atoms with Crippen molar-refractivity contribution in [3.8, 4) is 5.75 Å². The van der Waals surface area contributed by atoms with Crippen molar-refractivity contribution >= 4 is 28.8 Å². The number of benzene rings is 2. The first kappa shape index (κ1) is 19.2. The molecule has 4 rings (SSSR count). The van der Waals surface area contributed by atoms with Crippen molar-refractivity contribution in [3.63, 3.8) is 0 Å². The van der Waals surface area contributed by atoms with Crippen LogP contribution < -0.4 is 20.3 Å². The molecule has 0 radical (unpaired) electrons. The van der Waals surface area contributed by atoms with Crippen LogP contribution in [0.25, 0.3) is 0 Å². The number of aromatic nitrogens is 1. The highest BCUT2D eigenvalue weighted by atomic mass is 32.1. The van der Waals surface area contributed by atoms with Crippen LogP contribution in [0.5, 0.6) is 5.75 Å².